The third-order valence-corrected chi connectivity index (χ3v) is 5.61. The summed E-state index contributed by atoms with van der Waals surface area (Å²) in [5.41, 5.74) is 2.34. The second kappa shape index (κ2) is 8.17. The summed E-state index contributed by atoms with van der Waals surface area (Å²) < 4.78 is 6.82. The van der Waals surface area contributed by atoms with E-state index in [9.17, 15) is 4.79 Å². The fourth-order valence-corrected chi connectivity index (χ4v) is 4.08. The predicted molar refractivity (Wildman–Crippen MR) is 103 cm³/mol. The third-order valence-electron chi connectivity index (χ3n) is 5.61. The summed E-state index contributed by atoms with van der Waals surface area (Å²) in [5, 5.41) is 4.67. The molecule has 0 spiro atoms. The maximum Gasteiger partial charge on any atom is 0.267 e. The number of piperidine rings is 1. The highest BCUT2D eigenvalue weighted by molar-refractivity contribution is 5.37. The van der Waals surface area contributed by atoms with E-state index in [2.05, 4.69) is 20.0 Å². The van der Waals surface area contributed by atoms with E-state index in [1.165, 1.54) is 12.8 Å². The lowest BCUT2D eigenvalue weighted by Crippen LogP contribution is -2.37. The Morgan fingerprint density at radius 3 is 2.85 bits per heavy atom. The molecule has 0 atom stereocenters. The second-order valence-corrected chi connectivity index (χ2v) is 7.54. The monoisotopic (exact) mass is 369 g/mol. The standard InChI is InChI=1S/C20H27N5O2/c1-27-14-18-21-9-6-19(22-18)24-10-7-15(8-11-24)13-25-20(26)12-16-4-2-3-5-17(16)23-25/h6,9,12,15H,2-5,7-8,10-11,13-14H2,1H3. The molecule has 0 amide bonds. The molecule has 1 saturated heterocycles. The molecule has 4 rings (SSSR count). The lowest BCUT2D eigenvalue weighted by molar-refractivity contribution is 0.177. The van der Waals surface area contributed by atoms with Gasteiger partial charge in [0.15, 0.2) is 5.82 Å². The highest BCUT2D eigenvalue weighted by atomic mass is 16.5. The maximum absolute atomic E-state index is 12.4. The first kappa shape index (κ1) is 18.1. The van der Waals surface area contributed by atoms with Gasteiger partial charge in [-0.3, -0.25) is 4.79 Å². The summed E-state index contributed by atoms with van der Waals surface area (Å²) in [6.07, 6.45) is 8.22. The summed E-state index contributed by atoms with van der Waals surface area (Å²) in [6, 6.07) is 3.77. The average molecular weight is 369 g/mol. The number of hydrogen-bond donors (Lipinski definition) is 0. The lowest BCUT2D eigenvalue weighted by atomic mass is 9.96. The lowest BCUT2D eigenvalue weighted by Gasteiger charge is -2.33. The van der Waals surface area contributed by atoms with Crippen LogP contribution in [0.3, 0.4) is 0 Å². The zero-order valence-electron chi connectivity index (χ0n) is 15.9. The van der Waals surface area contributed by atoms with Crippen molar-refractivity contribution in [2.75, 3.05) is 25.1 Å². The number of rotatable bonds is 5. The Hall–Kier alpha value is -2.28. The molecule has 0 saturated carbocycles. The van der Waals surface area contributed by atoms with Crippen molar-refractivity contribution in [2.24, 2.45) is 5.92 Å². The van der Waals surface area contributed by atoms with Gasteiger partial charge in [-0.2, -0.15) is 5.10 Å². The molecule has 1 fully saturated rings. The van der Waals surface area contributed by atoms with Gasteiger partial charge < -0.3 is 9.64 Å². The molecule has 0 unspecified atom stereocenters. The van der Waals surface area contributed by atoms with Crippen LogP contribution in [0.1, 0.15) is 42.8 Å². The van der Waals surface area contributed by atoms with Crippen molar-refractivity contribution in [1.82, 2.24) is 19.7 Å². The number of anilines is 1. The van der Waals surface area contributed by atoms with Gasteiger partial charge in [0.25, 0.3) is 5.56 Å². The van der Waals surface area contributed by atoms with E-state index < -0.39 is 0 Å². The van der Waals surface area contributed by atoms with Crippen LogP contribution in [0.2, 0.25) is 0 Å². The van der Waals surface area contributed by atoms with Crippen LogP contribution >= 0.6 is 0 Å². The summed E-state index contributed by atoms with van der Waals surface area (Å²) in [5.74, 6) is 2.15. The van der Waals surface area contributed by atoms with Crippen molar-refractivity contribution in [1.29, 1.82) is 0 Å². The second-order valence-electron chi connectivity index (χ2n) is 7.54. The molecule has 7 nitrogen and oxygen atoms in total. The molecule has 2 aliphatic rings. The highest BCUT2D eigenvalue weighted by Crippen LogP contribution is 2.23. The SMILES string of the molecule is COCc1nccc(N2CCC(Cn3nc4c(cc3=O)CCCC4)CC2)n1. The Bertz CT molecular complexity index is 843. The fraction of sp³-hybridized carbons (Fsp3) is 0.600. The first-order chi connectivity index (χ1) is 13.2. The molecular weight excluding hydrogens is 342 g/mol. The first-order valence-corrected chi connectivity index (χ1v) is 9.88. The third kappa shape index (κ3) is 4.18. The normalized spacial score (nSPS) is 17.7. The number of nitrogens with zero attached hydrogens (tertiary/aromatic N) is 5. The van der Waals surface area contributed by atoms with Gasteiger partial charge in [0.1, 0.15) is 12.4 Å². The fourth-order valence-electron chi connectivity index (χ4n) is 4.08. The van der Waals surface area contributed by atoms with Crippen LogP contribution in [0.25, 0.3) is 0 Å². The summed E-state index contributed by atoms with van der Waals surface area (Å²) >= 11 is 0. The Kier molecular flexibility index (Phi) is 5.48. The molecule has 144 valence electrons. The number of aromatic nitrogens is 4. The Morgan fingerprint density at radius 1 is 1.22 bits per heavy atom. The van der Waals surface area contributed by atoms with Crippen LogP contribution in [0.15, 0.2) is 23.1 Å². The Labute approximate surface area is 159 Å². The highest BCUT2D eigenvalue weighted by Gasteiger charge is 2.22. The Morgan fingerprint density at radius 2 is 2.04 bits per heavy atom. The molecule has 2 aromatic rings. The molecule has 7 heteroatoms. The average Bonchev–Trinajstić information content (AvgIpc) is 2.70. The summed E-state index contributed by atoms with van der Waals surface area (Å²) in [7, 11) is 1.65. The molecule has 2 aromatic heterocycles. The predicted octanol–water partition coefficient (Wildman–Crippen LogP) is 1.98. The van der Waals surface area contributed by atoms with E-state index in [0.29, 0.717) is 18.3 Å². The molecule has 0 bridgehead atoms. The number of hydrogen-bond acceptors (Lipinski definition) is 6. The number of fused-ring (bicyclic) bond motifs is 1. The van der Waals surface area contributed by atoms with Gasteiger partial charge >= 0.3 is 0 Å². The van der Waals surface area contributed by atoms with Gasteiger partial charge in [0, 0.05) is 39.0 Å². The van der Waals surface area contributed by atoms with Crippen LogP contribution in [-0.2, 0) is 30.7 Å². The molecule has 3 heterocycles. The van der Waals surface area contributed by atoms with Crippen LogP contribution in [0.5, 0.6) is 0 Å². The van der Waals surface area contributed by atoms with Gasteiger partial charge in [-0.05, 0) is 56.1 Å². The quantitative estimate of drug-likeness (QED) is 0.802. The zero-order chi connectivity index (χ0) is 18.6. The van der Waals surface area contributed by atoms with Crippen LogP contribution in [-0.4, -0.2) is 39.9 Å². The minimum absolute atomic E-state index is 0.0538. The molecular formula is C20H27N5O2. The smallest absolute Gasteiger partial charge is 0.267 e. The molecule has 1 aliphatic heterocycles. The molecule has 27 heavy (non-hydrogen) atoms. The number of aryl methyl sites for hydroxylation is 2. The van der Waals surface area contributed by atoms with Crippen LogP contribution in [0, 0.1) is 5.92 Å². The molecule has 0 aromatic carbocycles. The topological polar surface area (TPSA) is 73.1 Å². The van der Waals surface area contributed by atoms with Crippen molar-refractivity contribution in [3.8, 4) is 0 Å². The van der Waals surface area contributed by atoms with Gasteiger partial charge in [-0.25, -0.2) is 14.6 Å². The van der Waals surface area contributed by atoms with E-state index in [1.54, 1.807) is 18.0 Å². The molecule has 1 aliphatic carbocycles. The van der Waals surface area contributed by atoms with Crippen molar-refractivity contribution in [3.05, 3.63) is 45.8 Å². The molecule has 0 radical (unpaired) electrons. The van der Waals surface area contributed by atoms with Crippen molar-refractivity contribution < 1.29 is 4.74 Å². The summed E-state index contributed by atoms with van der Waals surface area (Å²) in [6.45, 7) is 3.03. The van der Waals surface area contributed by atoms with E-state index in [4.69, 9.17) is 4.74 Å². The van der Waals surface area contributed by atoms with Crippen LogP contribution < -0.4 is 10.5 Å². The minimum Gasteiger partial charge on any atom is -0.377 e. The van der Waals surface area contributed by atoms with Crippen molar-refractivity contribution in [3.63, 3.8) is 0 Å². The maximum atomic E-state index is 12.4. The van der Waals surface area contributed by atoms with Gasteiger partial charge in [-0.15, -0.1) is 0 Å². The largest absolute Gasteiger partial charge is 0.377 e. The summed E-state index contributed by atoms with van der Waals surface area (Å²) in [4.78, 5) is 23.5. The minimum atomic E-state index is 0.0538. The Balaban J connectivity index is 1.38. The van der Waals surface area contributed by atoms with Gasteiger partial charge in [0.2, 0.25) is 0 Å². The van der Waals surface area contributed by atoms with Crippen molar-refractivity contribution in [2.45, 2.75) is 51.7 Å². The zero-order valence-corrected chi connectivity index (χ0v) is 15.9. The van der Waals surface area contributed by atoms with E-state index >= 15 is 0 Å². The van der Waals surface area contributed by atoms with E-state index in [-0.39, 0.29) is 5.56 Å². The molecule has 0 N–H and O–H groups in total. The van der Waals surface area contributed by atoms with E-state index in [1.807, 2.05) is 12.1 Å². The van der Waals surface area contributed by atoms with Crippen molar-refractivity contribution >= 4 is 5.82 Å². The van der Waals surface area contributed by atoms with Gasteiger partial charge in [-0.1, -0.05) is 0 Å². The number of methoxy groups -OCH3 is 1. The van der Waals surface area contributed by atoms with Crippen LogP contribution in [0.4, 0.5) is 5.82 Å². The van der Waals surface area contributed by atoms with Gasteiger partial charge in [0.05, 0.1) is 5.69 Å². The first-order valence-electron chi connectivity index (χ1n) is 9.88. The van der Waals surface area contributed by atoms with E-state index in [0.717, 1.165) is 62.4 Å². The number of ether oxygens (including phenoxy) is 1.